The standard InChI is InChI=1S/C11H18N4O2S2/c12-19(16,17)9-6-14-10(18-9)15-7-11-3-1-2-8(11)13-5-4-11/h6,8,13H,1-5,7H2,(H,14,15)(H2,12,16,17)/t8-,11-/m1/s1. The Balaban J connectivity index is 1.68. The van der Waals surface area contributed by atoms with Crippen LogP contribution in [0.3, 0.4) is 0 Å². The van der Waals surface area contributed by atoms with Gasteiger partial charge in [0.25, 0.3) is 0 Å². The number of aromatic nitrogens is 1. The smallest absolute Gasteiger partial charge is 0.249 e. The first kappa shape index (κ1) is 13.3. The number of thiazole rings is 1. The van der Waals surface area contributed by atoms with Gasteiger partial charge in [0.05, 0.1) is 6.20 Å². The van der Waals surface area contributed by atoms with Crippen molar-refractivity contribution in [1.82, 2.24) is 10.3 Å². The highest BCUT2D eigenvalue weighted by Crippen LogP contribution is 2.44. The summed E-state index contributed by atoms with van der Waals surface area (Å²) in [7, 11) is -3.63. The molecule has 1 aliphatic heterocycles. The van der Waals surface area contributed by atoms with Gasteiger partial charge in [-0.2, -0.15) is 0 Å². The van der Waals surface area contributed by atoms with Crippen LogP contribution in [0.1, 0.15) is 25.7 Å². The maximum atomic E-state index is 11.2. The van der Waals surface area contributed by atoms with Crippen molar-refractivity contribution in [3.05, 3.63) is 6.20 Å². The molecule has 2 atom stereocenters. The second kappa shape index (κ2) is 4.69. The normalized spacial score (nSPS) is 30.5. The second-order valence-electron chi connectivity index (χ2n) is 5.39. The van der Waals surface area contributed by atoms with E-state index in [2.05, 4.69) is 15.6 Å². The van der Waals surface area contributed by atoms with Crippen LogP contribution >= 0.6 is 11.3 Å². The Labute approximate surface area is 116 Å². The lowest BCUT2D eigenvalue weighted by Gasteiger charge is -2.28. The number of hydrogen-bond donors (Lipinski definition) is 3. The molecular formula is C11H18N4O2S2. The van der Waals surface area contributed by atoms with Crippen molar-refractivity contribution in [3.8, 4) is 0 Å². The first-order valence-electron chi connectivity index (χ1n) is 6.46. The Morgan fingerprint density at radius 2 is 2.42 bits per heavy atom. The molecule has 6 nitrogen and oxygen atoms in total. The molecule has 1 aromatic rings. The first-order valence-corrected chi connectivity index (χ1v) is 8.82. The number of anilines is 1. The van der Waals surface area contributed by atoms with Gasteiger partial charge in [0, 0.05) is 18.0 Å². The molecule has 19 heavy (non-hydrogen) atoms. The molecule has 2 fully saturated rings. The molecule has 4 N–H and O–H groups in total. The van der Waals surface area contributed by atoms with Gasteiger partial charge in [-0.15, -0.1) is 0 Å². The van der Waals surface area contributed by atoms with Gasteiger partial charge >= 0.3 is 0 Å². The Bertz CT molecular complexity index is 559. The van der Waals surface area contributed by atoms with Gasteiger partial charge in [-0.3, -0.25) is 0 Å². The summed E-state index contributed by atoms with van der Waals surface area (Å²) in [6.45, 7) is 1.93. The van der Waals surface area contributed by atoms with E-state index in [1.54, 1.807) is 0 Å². The van der Waals surface area contributed by atoms with Gasteiger partial charge in [-0.1, -0.05) is 17.8 Å². The molecule has 0 radical (unpaired) electrons. The van der Waals surface area contributed by atoms with E-state index in [-0.39, 0.29) is 4.21 Å². The molecular weight excluding hydrogens is 284 g/mol. The van der Waals surface area contributed by atoms with Crippen molar-refractivity contribution in [2.75, 3.05) is 18.4 Å². The van der Waals surface area contributed by atoms with Crippen molar-refractivity contribution >= 4 is 26.5 Å². The summed E-state index contributed by atoms with van der Waals surface area (Å²) in [6, 6.07) is 0.595. The number of primary sulfonamides is 1. The average Bonchev–Trinajstić information content (AvgIpc) is 3.00. The van der Waals surface area contributed by atoms with Crippen molar-refractivity contribution in [1.29, 1.82) is 0 Å². The van der Waals surface area contributed by atoms with Crippen LogP contribution < -0.4 is 15.8 Å². The minimum absolute atomic E-state index is 0.111. The Hall–Kier alpha value is -0.700. The van der Waals surface area contributed by atoms with E-state index in [1.165, 1.54) is 31.9 Å². The maximum absolute atomic E-state index is 11.2. The van der Waals surface area contributed by atoms with Crippen LogP contribution in [0.25, 0.3) is 0 Å². The fourth-order valence-electron chi connectivity index (χ4n) is 3.28. The predicted octanol–water partition coefficient (Wildman–Crippen LogP) is 0.735. The summed E-state index contributed by atoms with van der Waals surface area (Å²) in [4.78, 5) is 4.08. The molecule has 0 bridgehead atoms. The zero-order chi connectivity index (χ0) is 13.5. The Morgan fingerprint density at radius 1 is 1.58 bits per heavy atom. The lowest BCUT2D eigenvalue weighted by atomic mass is 9.82. The SMILES string of the molecule is NS(=O)(=O)c1cnc(NC[C@]23CCC[C@H]2NCC3)s1. The van der Waals surface area contributed by atoms with Gasteiger partial charge < -0.3 is 10.6 Å². The second-order valence-corrected chi connectivity index (χ2v) is 8.21. The quantitative estimate of drug-likeness (QED) is 0.762. The van der Waals surface area contributed by atoms with Crippen molar-refractivity contribution in [3.63, 3.8) is 0 Å². The molecule has 106 valence electrons. The van der Waals surface area contributed by atoms with Crippen LogP contribution in [0.4, 0.5) is 5.13 Å². The average molecular weight is 302 g/mol. The summed E-state index contributed by atoms with van der Waals surface area (Å²) in [6.07, 6.45) is 6.23. The monoisotopic (exact) mass is 302 g/mol. The molecule has 2 aliphatic rings. The van der Waals surface area contributed by atoms with E-state index in [0.29, 0.717) is 16.6 Å². The van der Waals surface area contributed by atoms with E-state index in [1.807, 2.05) is 0 Å². The summed E-state index contributed by atoms with van der Waals surface area (Å²) in [5.74, 6) is 0. The molecule has 1 saturated heterocycles. The van der Waals surface area contributed by atoms with Gasteiger partial charge in [-0.25, -0.2) is 18.5 Å². The van der Waals surface area contributed by atoms with Crippen molar-refractivity contribution < 1.29 is 8.42 Å². The molecule has 0 spiro atoms. The highest BCUT2D eigenvalue weighted by Gasteiger charge is 2.45. The molecule has 8 heteroatoms. The number of hydrogen-bond acceptors (Lipinski definition) is 6. The Morgan fingerprint density at radius 3 is 3.16 bits per heavy atom. The van der Waals surface area contributed by atoms with Crippen LogP contribution in [0.15, 0.2) is 10.4 Å². The number of fused-ring (bicyclic) bond motifs is 1. The number of sulfonamides is 1. The third-order valence-electron chi connectivity index (χ3n) is 4.28. The largest absolute Gasteiger partial charge is 0.361 e. The van der Waals surface area contributed by atoms with E-state index >= 15 is 0 Å². The minimum Gasteiger partial charge on any atom is -0.361 e. The first-order chi connectivity index (χ1) is 9.00. The molecule has 3 rings (SSSR count). The molecule has 0 aromatic carbocycles. The number of rotatable bonds is 4. The van der Waals surface area contributed by atoms with Gasteiger partial charge in [0.2, 0.25) is 10.0 Å². The molecule has 0 amide bonds. The van der Waals surface area contributed by atoms with E-state index in [4.69, 9.17) is 5.14 Å². The lowest BCUT2D eigenvalue weighted by molar-refractivity contribution is 0.308. The van der Waals surface area contributed by atoms with Crippen LogP contribution in [0.2, 0.25) is 0 Å². The third kappa shape index (κ3) is 2.49. The molecule has 1 saturated carbocycles. The van der Waals surface area contributed by atoms with Crippen molar-refractivity contribution in [2.45, 2.75) is 35.9 Å². The molecule has 2 heterocycles. The minimum atomic E-state index is -3.63. The zero-order valence-corrected chi connectivity index (χ0v) is 12.2. The van der Waals surface area contributed by atoms with Gasteiger partial charge in [0.1, 0.15) is 0 Å². The summed E-state index contributed by atoms with van der Waals surface area (Å²) < 4.78 is 22.5. The summed E-state index contributed by atoms with van der Waals surface area (Å²) in [5.41, 5.74) is 0.313. The van der Waals surface area contributed by atoms with E-state index < -0.39 is 10.0 Å². The lowest BCUT2D eigenvalue weighted by Crippen LogP contribution is -2.37. The van der Waals surface area contributed by atoms with Crippen LogP contribution in [0, 0.1) is 5.41 Å². The highest BCUT2D eigenvalue weighted by molar-refractivity contribution is 7.91. The predicted molar refractivity (Wildman–Crippen MR) is 74.7 cm³/mol. The van der Waals surface area contributed by atoms with E-state index in [9.17, 15) is 8.42 Å². The van der Waals surface area contributed by atoms with Crippen LogP contribution in [0.5, 0.6) is 0 Å². The number of nitrogens with two attached hydrogens (primary N) is 1. The molecule has 1 aliphatic carbocycles. The summed E-state index contributed by atoms with van der Waals surface area (Å²) in [5, 5.41) is 12.6. The van der Waals surface area contributed by atoms with Crippen LogP contribution in [-0.2, 0) is 10.0 Å². The molecule has 0 unspecified atom stereocenters. The van der Waals surface area contributed by atoms with Gasteiger partial charge in [-0.05, 0) is 25.8 Å². The van der Waals surface area contributed by atoms with Crippen LogP contribution in [-0.4, -0.2) is 32.5 Å². The zero-order valence-electron chi connectivity index (χ0n) is 10.6. The third-order valence-corrected chi connectivity index (χ3v) is 6.64. The molecule has 1 aromatic heterocycles. The highest BCUT2D eigenvalue weighted by atomic mass is 32.2. The fraction of sp³-hybridized carbons (Fsp3) is 0.727. The number of nitrogens with one attached hydrogen (secondary N) is 2. The fourth-order valence-corrected chi connectivity index (χ4v) is 4.72. The van der Waals surface area contributed by atoms with Gasteiger partial charge in [0.15, 0.2) is 9.34 Å². The van der Waals surface area contributed by atoms with Crippen molar-refractivity contribution in [2.24, 2.45) is 10.6 Å². The van der Waals surface area contributed by atoms with E-state index in [0.717, 1.165) is 24.4 Å². The number of nitrogens with zero attached hydrogens (tertiary/aromatic N) is 1. The Kier molecular flexibility index (Phi) is 3.28. The topological polar surface area (TPSA) is 97.1 Å². The summed E-state index contributed by atoms with van der Waals surface area (Å²) >= 11 is 1.10. The maximum Gasteiger partial charge on any atom is 0.249 e.